The molecule has 5 N–H and O–H groups in total. The van der Waals surface area contributed by atoms with E-state index in [-0.39, 0.29) is 48.2 Å². The predicted octanol–water partition coefficient (Wildman–Crippen LogP) is 0.693. The molecule has 0 saturated carbocycles. The molecule has 1 aromatic heterocycles. The maximum atomic E-state index is 14.8. The highest BCUT2D eigenvalue weighted by Gasteiger charge is 2.34. The van der Waals surface area contributed by atoms with Crippen molar-refractivity contribution in [1.29, 1.82) is 0 Å². The molecule has 0 unspecified atom stereocenters. The van der Waals surface area contributed by atoms with Crippen molar-refractivity contribution < 1.29 is 18.8 Å². The monoisotopic (exact) mass is 465 g/mol. The van der Waals surface area contributed by atoms with Crippen LogP contribution in [-0.2, 0) is 9.59 Å². The second kappa shape index (κ2) is 9.71. The van der Waals surface area contributed by atoms with Gasteiger partial charge in [-0.05, 0) is 12.1 Å². The SMILES string of the molecule is N/C=C\N(N)c1ncc(F)c2c1NCC=C2C(=O)C(=O)N1CCN(C(=O)c2ccccc2)CC1. The van der Waals surface area contributed by atoms with Gasteiger partial charge in [0.15, 0.2) is 11.6 Å². The third-order valence-electron chi connectivity index (χ3n) is 5.67. The quantitative estimate of drug-likeness (QED) is 0.333. The van der Waals surface area contributed by atoms with Crippen molar-refractivity contribution in [2.45, 2.75) is 0 Å². The van der Waals surface area contributed by atoms with Gasteiger partial charge in [0.05, 0.1) is 11.9 Å². The Morgan fingerprint density at radius 3 is 2.44 bits per heavy atom. The first-order valence-corrected chi connectivity index (χ1v) is 10.7. The first-order chi connectivity index (χ1) is 16.4. The molecule has 1 fully saturated rings. The Balaban J connectivity index is 1.49. The largest absolute Gasteiger partial charge is 0.403 e. The summed E-state index contributed by atoms with van der Waals surface area (Å²) >= 11 is 0. The number of rotatable bonds is 5. The molecule has 10 nitrogen and oxygen atoms in total. The van der Waals surface area contributed by atoms with Crippen LogP contribution in [0.5, 0.6) is 0 Å². The van der Waals surface area contributed by atoms with Gasteiger partial charge in [0, 0.05) is 61.8 Å². The highest BCUT2D eigenvalue weighted by molar-refractivity contribution is 6.53. The smallest absolute Gasteiger partial charge is 0.295 e. The molecule has 0 bridgehead atoms. The first kappa shape index (κ1) is 22.9. The Labute approximate surface area is 195 Å². The lowest BCUT2D eigenvalue weighted by Gasteiger charge is -2.34. The number of pyridine rings is 1. The molecule has 2 aliphatic rings. The van der Waals surface area contributed by atoms with Crippen LogP contribution < -0.4 is 21.9 Å². The molecule has 1 aromatic carbocycles. The van der Waals surface area contributed by atoms with E-state index in [0.29, 0.717) is 18.7 Å². The molecular formula is C23H24FN7O3. The summed E-state index contributed by atoms with van der Waals surface area (Å²) in [4.78, 5) is 45.7. The number of nitrogens with two attached hydrogens (primary N) is 2. The first-order valence-electron chi connectivity index (χ1n) is 10.7. The molecule has 4 rings (SSSR count). The summed E-state index contributed by atoms with van der Waals surface area (Å²) in [6, 6.07) is 8.86. The molecule has 0 spiro atoms. The molecule has 3 heterocycles. The van der Waals surface area contributed by atoms with Gasteiger partial charge in [0.1, 0.15) is 0 Å². The lowest BCUT2D eigenvalue weighted by molar-refractivity contribution is -0.142. The number of halogens is 1. The van der Waals surface area contributed by atoms with Crippen molar-refractivity contribution in [3.63, 3.8) is 0 Å². The highest BCUT2D eigenvalue weighted by atomic mass is 19.1. The minimum atomic E-state index is -0.834. The fourth-order valence-electron chi connectivity index (χ4n) is 3.97. The molecule has 1 saturated heterocycles. The molecule has 2 aliphatic heterocycles. The van der Waals surface area contributed by atoms with Gasteiger partial charge in [-0.1, -0.05) is 24.3 Å². The summed E-state index contributed by atoms with van der Waals surface area (Å²) in [6.07, 6.45) is 4.91. The molecule has 34 heavy (non-hydrogen) atoms. The van der Waals surface area contributed by atoms with E-state index in [2.05, 4.69) is 10.3 Å². The number of carbonyl (C=O) groups is 3. The number of benzene rings is 1. The fraction of sp³-hybridized carbons (Fsp3) is 0.217. The van der Waals surface area contributed by atoms with Gasteiger partial charge >= 0.3 is 0 Å². The fourth-order valence-corrected chi connectivity index (χ4v) is 3.97. The Hall–Kier alpha value is -4.25. The van der Waals surface area contributed by atoms with E-state index in [9.17, 15) is 18.8 Å². The normalized spacial score (nSPS) is 15.4. The number of hydrazine groups is 1. The summed E-state index contributed by atoms with van der Waals surface area (Å²) in [5, 5.41) is 4.04. The zero-order valence-corrected chi connectivity index (χ0v) is 18.3. The summed E-state index contributed by atoms with van der Waals surface area (Å²) < 4.78 is 14.8. The molecule has 176 valence electrons. The van der Waals surface area contributed by atoms with E-state index in [1.54, 1.807) is 29.2 Å². The number of hydrogen-bond donors (Lipinski definition) is 3. The second-order valence-electron chi connectivity index (χ2n) is 7.71. The minimum Gasteiger partial charge on any atom is -0.403 e. The molecule has 0 atom stereocenters. The van der Waals surface area contributed by atoms with E-state index >= 15 is 0 Å². The van der Waals surface area contributed by atoms with E-state index in [0.717, 1.165) is 11.2 Å². The molecular weight excluding hydrogens is 441 g/mol. The maximum Gasteiger partial charge on any atom is 0.295 e. The summed E-state index contributed by atoms with van der Waals surface area (Å²) in [7, 11) is 0. The third kappa shape index (κ3) is 4.33. The second-order valence-corrected chi connectivity index (χ2v) is 7.71. The van der Waals surface area contributed by atoms with Crippen LogP contribution in [-0.4, -0.2) is 65.1 Å². The number of aromatic nitrogens is 1. The van der Waals surface area contributed by atoms with Gasteiger partial charge in [-0.2, -0.15) is 0 Å². The molecule has 0 aliphatic carbocycles. The number of carbonyl (C=O) groups excluding carboxylic acids is 3. The van der Waals surface area contributed by atoms with Gasteiger partial charge in [-0.25, -0.2) is 15.2 Å². The Kier molecular flexibility index (Phi) is 6.55. The Morgan fingerprint density at radius 2 is 1.76 bits per heavy atom. The van der Waals surface area contributed by atoms with Gasteiger partial charge < -0.3 is 20.9 Å². The third-order valence-corrected chi connectivity index (χ3v) is 5.67. The van der Waals surface area contributed by atoms with Crippen LogP contribution in [0.2, 0.25) is 0 Å². The van der Waals surface area contributed by atoms with Crippen molar-refractivity contribution in [2.24, 2.45) is 11.6 Å². The van der Waals surface area contributed by atoms with Crippen LogP contribution in [0.15, 0.2) is 55.0 Å². The van der Waals surface area contributed by atoms with Crippen molar-refractivity contribution in [1.82, 2.24) is 14.8 Å². The predicted molar refractivity (Wildman–Crippen MR) is 125 cm³/mol. The number of fused-ring (bicyclic) bond motifs is 1. The zero-order chi connectivity index (χ0) is 24.2. The Bertz CT molecular complexity index is 1170. The number of nitrogens with one attached hydrogen (secondary N) is 1. The highest BCUT2D eigenvalue weighted by Crippen LogP contribution is 2.36. The topological polar surface area (TPSA) is 138 Å². The number of anilines is 2. The molecule has 2 aromatic rings. The average molecular weight is 465 g/mol. The summed E-state index contributed by atoms with van der Waals surface area (Å²) in [5.74, 6) is 3.56. The van der Waals surface area contributed by atoms with E-state index < -0.39 is 17.5 Å². The van der Waals surface area contributed by atoms with Crippen LogP contribution in [0.4, 0.5) is 15.9 Å². The van der Waals surface area contributed by atoms with Gasteiger partial charge in [-0.3, -0.25) is 19.4 Å². The van der Waals surface area contributed by atoms with Crippen LogP contribution in [0, 0.1) is 5.82 Å². The summed E-state index contributed by atoms with van der Waals surface area (Å²) in [6.45, 7) is 1.16. The molecule has 11 heteroatoms. The van der Waals surface area contributed by atoms with Gasteiger partial charge in [0.25, 0.3) is 17.6 Å². The van der Waals surface area contributed by atoms with Crippen LogP contribution >= 0.6 is 0 Å². The van der Waals surface area contributed by atoms with E-state index in [4.69, 9.17) is 11.6 Å². The van der Waals surface area contributed by atoms with Crippen molar-refractivity contribution in [3.05, 3.63) is 71.9 Å². The lowest BCUT2D eigenvalue weighted by atomic mass is 9.96. The number of piperazine rings is 1. The molecule has 0 radical (unpaired) electrons. The number of ketones is 1. The summed E-state index contributed by atoms with van der Waals surface area (Å²) in [5.41, 5.74) is 5.98. The average Bonchev–Trinajstić information content (AvgIpc) is 2.88. The minimum absolute atomic E-state index is 0.0622. The van der Waals surface area contributed by atoms with Crippen LogP contribution in [0.1, 0.15) is 15.9 Å². The number of Topliss-reactive ketones (excluding diaryl/α,β-unsaturated/α-hetero) is 1. The zero-order valence-electron chi connectivity index (χ0n) is 18.3. The van der Waals surface area contributed by atoms with E-state index in [1.165, 1.54) is 23.4 Å². The van der Waals surface area contributed by atoms with Gasteiger partial charge in [0.2, 0.25) is 0 Å². The van der Waals surface area contributed by atoms with Crippen molar-refractivity contribution in [2.75, 3.05) is 43.0 Å². The van der Waals surface area contributed by atoms with Crippen LogP contribution in [0.3, 0.4) is 0 Å². The van der Waals surface area contributed by atoms with Gasteiger partial charge in [-0.15, -0.1) is 0 Å². The molecule has 2 amide bonds. The number of hydrogen-bond acceptors (Lipinski definition) is 8. The Morgan fingerprint density at radius 1 is 1.09 bits per heavy atom. The number of amides is 2. The maximum absolute atomic E-state index is 14.8. The lowest BCUT2D eigenvalue weighted by Crippen LogP contribution is -2.52. The number of nitrogens with zero attached hydrogens (tertiary/aromatic N) is 4. The van der Waals surface area contributed by atoms with Crippen LogP contribution in [0.25, 0.3) is 5.57 Å². The van der Waals surface area contributed by atoms with E-state index in [1.807, 2.05) is 6.07 Å². The van der Waals surface area contributed by atoms with Crippen molar-refractivity contribution in [3.8, 4) is 0 Å². The van der Waals surface area contributed by atoms with Crippen molar-refractivity contribution >= 4 is 34.7 Å². The standard InChI is InChI=1S/C23H24FN7O3/c24-17-14-28-21(31(26)9-7-25)19-18(17)16(6-8-27-19)20(32)23(34)30-12-10-29(11-13-30)22(33)15-4-2-1-3-5-15/h1-7,9,14,27H,8,10-13,25-26H2/b9-7-.